The minimum Gasteiger partial charge on any atom is -0.484 e. The van der Waals surface area contributed by atoms with Crippen LogP contribution in [0.5, 0.6) is 11.5 Å². The fourth-order valence-corrected chi connectivity index (χ4v) is 13.8. The molecular weight excluding hydrogens is 1100 g/mol. The molecule has 10 nitrogen and oxygen atoms in total. The topological polar surface area (TPSA) is 106 Å². The second kappa shape index (κ2) is 21.7. The minimum atomic E-state index is -0.168. The lowest BCUT2D eigenvalue weighted by atomic mass is 9.83. The number of aromatic nitrogens is 8. The third-order valence-electron chi connectivity index (χ3n) is 17.8. The van der Waals surface area contributed by atoms with Crippen LogP contribution in [0.2, 0.25) is 0 Å². The molecule has 0 bridgehead atoms. The standard InChI is InChI=1S/2C40H28N4O/c1-25-23-31(40-42-38(26-13-5-2-6-14-26)41-39(43-40)27-15-7-3-8-16-27)35-30-21-22-33-36(37(30)45-34(35)24-25)29-19-11-12-20-32(29)44(33)28-17-9-4-10-18-28;1-25-21-22-31(40-42-38(26-13-5-2-6-14-26)41-39(43-40)27-15-7-3-8-16-27)34-30-23-24-33-35(37(30)45-36(25)34)29-19-11-12-20-32(29)44(33)28-17-9-4-10-18-28/h2*2-24,30,37H,1H3. The SMILES string of the molecule is Cc1cc2c(c(-c3nc(-c4ccccc4)nc(-c4ccccc4)n3)c1)C1C=Cc3c(c4ccccc4n3-c3ccccc3)C1O2.Cc1ccc(-c2nc(-c3ccccc3)nc(-c3ccccc3)n2)c2c1OC1c3c(n(-c4ccccc4)c4ccccc34)C=CC21. The van der Waals surface area contributed by atoms with E-state index in [1.807, 2.05) is 121 Å². The predicted molar refractivity (Wildman–Crippen MR) is 359 cm³/mol. The Morgan fingerprint density at radius 2 is 0.711 bits per heavy atom. The molecule has 10 heteroatoms. The van der Waals surface area contributed by atoms with E-state index < -0.39 is 0 Å². The third kappa shape index (κ3) is 8.86. The zero-order chi connectivity index (χ0) is 59.8. The van der Waals surface area contributed by atoms with Crippen molar-refractivity contribution < 1.29 is 9.47 Å². The zero-order valence-electron chi connectivity index (χ0n) is 49.3. The van der Waals surface area contributed by atoms with Crippen LogP contribution < -0.4 is 9.47 Å². The second-order valence-corrected chi connectivity index (χ2v) is 23.3. The smallest absolute Gasteiger partial charge is 0.164 e. The summed E-state index contributed by atoms with van der Waals surface area (Å²) in [6.45, 7) is 4.23. The molecule has 10 aromatic carbocycles. The Kier molecular flexibility index (Phi) is 12.7. The molecule has 2 aliphatic heterocycles. The number of para-hydroxylation sites is 4. The molecule has 90 heavy (non-hydrogen) atoms. The van der Waals surface area contributed by atoms with Gasteiger partial charge in [0.15, 0.2) is 34.9 Å². The van der Waals surface area contributed by atoms with Gasteiger partial charge in [0.25, 0.3) is 0 Å². The van der Waals surface area contributed by atoms with E-state index in [0.29, 0.717) is 34.9 Å². The third-order valence-corrected chi connectivity index (χ3v) is 17.8. The molecule has 0 N–H and O–H groups in total. The summed E-state index contributed by atoms with van der Waals surface area (Å²) in [5.41, 5.74) is 19.6. The lowest BCUT2D eigenvalue weighted by Gasteiger charge is -2.22. The zero-order valence-corrected chi connectivity index (χ0v) is 49.3. The van der Waals surface area contributed by atoms with Crippen molar-refractivity contribution in [2.24, 2.45) is 0 Å². The fraction of sp³-hybridized carbons (Fsp3) is 0.0750. The maximum absolute atomic E-state index is 6.98. The predicted octanol–water partition coefficient (Wildman–Crippen LogP) is 18.7. The van der Waals surface area contributed by atoms with E-state index in [2.05, 4.69) is 181 Å². The molecule has 0 amide bonds. The molecule has 0 saturated heterocycles. The average Bonchev–Trinajstić information content (AvgIpc) is 1.57. The largest absolute Gasteiger partial charge is 0.484 e. The van der Waals surface area contributed by atoms with Gasteiger partial charge >= 0.3 is 0 Å². The van der Waals surface area contributed by atoms with E-state index in [4.69, 9.17) is 39.4 Å². The number of rotatable bonds is 8. The molecule has 0 spiro atoms. The Balaban J connectivity index is 0.000000139. The summed E-state index contributed by atoms with van der Waals surface area (Å²) in [6, 6.07) is 87.5. The van der Waals surface area contributed by atoms with Gasteiger partial charge in [0, 0.05) is 89.6 Å². The van der Waals surface area contributed by atoms with Crippen molar-refractivity contribution in [3.8, 4) is 91.2 Å². The first-order valence-corrected chi connectivity index (χ1v) is 30.6. The van der Waals surface area contributed by atoms with Gasteiger partial charge in [-0.15, -0.1) is 0 Å². The van der Waals surface area contributed by atoms with E-state index in [-0.39, 0.29) is 24.0 Å². The van der Waals surface area contributed by atoms with Gasteiger partial charge in [0.2, 0.25) is 0 Å². The molecule has 4 aliphatic rings. The minimum absolute atomic E-state index is 0.00884. The maximum atomic E-state index is 6.98. The first kappa shape index (κ1) is 52.7. The van der Waals surface area contributed by atoms with Crippen LogP contribution in [0.3, 0.4) is 0 Å². The molecule has 0 fully saturated rings. The highest BCUT2D eigenvalue weighted by atomic mass is 16.5. The summed E-state index contributed by atoms with van der Waals surface area (Å²) in [7, 11) is 0. The molecule has 4 unspecified atom stereocenters. The normalized spacial score (nSPS) is 16.2. The van der Waals surface area contributed by atoms with Gasteiger partial charge < -0.3 is 18.6 Å². The summed E-state index contributed by atoms with van der Waals surface area (Å²) in [5, 5.41) is 2.42. The number of ether oxygens (including phenoxy) is 2. The number of fused-ring (bicyclic) bond motifs is 14. The highest BCUT2D eigenvalue weighted by Gasteiger charge is 2.44. The van der Waals surface area contributed by atoms with Crippen LogP contribution in [-0.2, 0) is 0 Å². The van der Waals surface area contributed by atoms with E-state index in [1.165, 1.54) is 32.9 Å². The number of aryl methyl sites for hydroxylation is 2. The van der Waals surface area contributed by atoms with Crippen LogP contribution in [0, 0.1) is 13.8 Å². The van der Waals surface area contributed by atoms with Gasteiger partial charge in [0.05, 0.1) is 22.4 Å². The summed E-state index contributed by atoms with van der Waals surface area (Å²) in [5.74, 6) is 5.72. The van der Waals surface area contributed by atoms with E-state index in [0.717, 1.165) is 89.9 Å². The molecular formula is C80H56N8O2. The first-order valence-electron chi connectivity index (χ1n) is 30.6. The van der Waals surface area contributed by atoms with Crippen LogP contribution in [0.4, 0.5) is 0 Å². The maximum Gasteiger partial charge on any atom is 0.164 e. The molecule has 14 aromatic rings. The van der Waals surface area contributed by atoms with Crippen molar-refractivity contribution in [3.05, 3.63) is 312 Å². The second-order valence-electron chi connectivity index (χ2n) is 23.3. The molecule has 4 atom stereocenters. The number of hydrogen-bond acceptors (Lipinski definition) is 8. The molecule has 0 saturated carbocycles. The lowest BCUT2D eigenvalue weighted by Crippen LogP contribution is -2.14. The highest BCUT2D eigenvalue weighted by Crippen LogP contribution is 2.58. The van der Waals surface area contributed by atoms with Crippen LogP contribution >= 0.6 is 0 Å². The summed E-state index contributed by atoms with van der Waals surface area (Å²) < 4.78 is 18.6. The summed E-state index contributed by atoms with van der Waals surface area (Å²) >= 11 is 0. The monoisotopic (exact) mass is 1160 g/mol. The number of benzene rings is 10. The molecule has 0 radical (unpaired) electrons. The van der Waals surface area contributed by atoms with Crippen molar-refractivity contribution >= 4 is 34.0 Å². The Hall–Kier alpha value is -11.6. The molecule has 6 heterocycles. The van der Waals surface area contributed by atoms with Gasteiger partial charge in [-0.1, -0.05) is 218 Å². The quantitative estimate of drug-likeness (QED) is 0.148. The Bertz CT molecular complexity index is 5050. The van der Waals surface area contributed by atoms with Crippen molar-refractivity contribution in [1.29, 1.82) is 0 Å². The molecule has 2 aliphatic carbocycles. The van der Waals surface area contributed by atoms with E-state index >= 15 is 0 Å². The summed E-state index contributed by atoms with van der Waals surface area (Å²) in [6.07, 6.45) is 8.80. The van der Waals surface area contributed by atoms with Gasteiger partial charge in [-0.05, 0) is 85.7 Å². The molecule has 428 valence electrons. The number of hydrogen-bond donors (Lipinski definition) is 0. The summed E-state index contributed by atoms with van der Waals surface area (Å²) in [4.78, 5) is 30.2. The van der Waals surface area contributed by atoms with Crippen molar-refractivity contribution in [3.63, 3.8) is 0 Å². The van der Waals surface area contributed by atoms with Crippen LogP contribution in [-0.4, -0.2) is 39.0 Å². The number of nitrogens with zero attached hydrogens (tertiary/aromatic N) is 8. The van der Waals surface area contributed by atoms with Crippen LogP contribution in [0.25, 0.3) is 114 Å². The Morgan fingerprint density at radius 1 is 0.333 bits per heavy atom. The first-order chi connectivity index (χ1) is 44.5. The lowest BCUT2D eigenvalue weighted by molar-refractivity contribution is 0.223. The Morgan fingerprint density at radius 3 is 1.17 bits per heavy atom. The van der Waals surface area contributed by atoms with Gasteiger partial charge in [-0.3, -0.25) is 0 Å². The van der Waals surface area contributed by atoms with Gasteiger partial charge in [0.1, 0.15) is 23.7 Å². The molecule has 18 rings (SSSR count). The highest BCUT2D eigenvalue weighted by molar-refractivity contribution is 5.94. The van der Waals surface area contributed by atoms with E-state index in [1.54, 1.807) is 0 Å². The van der Waals surface area contributed by atoms with Crippen LogP contribution in [0.15, 0.2) is 267 Å². The van der Waals surface area contributed by atoms with Gasteiger partial charge in [-0.2, -0.15) is 0 Å². The Labute approximate surface area is 520 Å². The van der Waals surface area contributed by atoms with Crippen molar-refractivity contribution in [2.45, 2.75) is 37.9 Å². The van der Waals surface area contributed by atoms with E-state index in [9.17, 15) is 0 Å². The fourth-order valence-electron chi connectivity index (χ4n) is 13.8. The molecule has 4 aromatic heterocycles. The average molecular weight is 1160 g/mol. The van der Waals surface area contributed by atoms with Crippen molar-refractivity contribution in [1.82, 2.24) is 39.0 Å². The van der Waals surface area contributed by atoms with Crippen LogP contribution in [0.1, 0.15) is 68.8 Å². The van der Waals surface area contributed by atoms with Crippen molar-refractivity contribution in [2.75, 3.05) is 0 Å². The van der Waals surface area contributed by atoms with Gasteiger partial charge in [-0.25, -0.2) is 29.9 Å².